The van der Waals surface area contributed by atoms with Crippen molar-refractivity contribution in [2.24, 2.45) is 0 Å². The van der Waals surface area contributed by atoms with Crippen LogP contribution in [0.5, 0.6) is 5.75 Å². The van der Waals surface area contributed by atoms with Crippen molar-refractivity contribution in [1.82, 2.24) is 9.97 Å². The lowest BCUT2D eigenvalue weighted by Crippen LogP contribution is -2.14. The summed E-state index contributed by atoms with van der Waals surface area (Å²) >= 11 is 0. The maximum Gasteiger partial charge on any atom is 0.258 e. The minimum absolute atomic E-state index is 0.0271. The van der Waals surface area contributed by atoms with Gasteiger partial charge in [0, 0.05) is 18.5 Å². The third kappa shape index (κ3) is 4.55. The van der Waals surface area contributed by atoms with Gasteiger partial charge in [0.1, 0.15) is 17.4 Å². The number of nitrogens with one attached hydrogen (secondary N) is 2. The van der Waals surface area contributed by atoms with Crippen molar-refractivity contribution in [3.63, 3.8) is 0 Å². The summed E-state index contributed by atoms with van der Waals surface area (Å²) in [5, 5.41) is 5.36. The Labute approximate surface area is 154 Å². The fourth-order valence-electron chi connectivity index (χ4n) is 2.27. The summed E-state index contributed by atoms with van der Waals surface area (Å²) in [5.74, 6) is -1.24. The van der Waals surface area contributed by atoms with Crippen molar-refractivity contribution in [3.8, 4) is 5.75 Å². The summed E-state index contributed by atoms with van der Waals surface area (Å²) in [7, 11) is 0. The van der Waals surface area contributed by atoms with Crippen LogP contribution in [0.4, 0.5) is 26.1 Å². The van der Waals surface area contributed by atoms with Crippen LogP contribution in [-0.2, 0) is 0 Å². The number of carbonyl (C=O) groups excluding carboxylic acids is 1. The van der Waals surface area contributed by atoms with Gasteiger partial charge in [-0.3, -0.25) is 4.79 Å². The Morgan fingerprint density at radius 1 is 1.07 bits per heavy atom. The van der Waals surface area contributed by atoms with Gasteiger partial charge >= 0.3 is 0 Å². The zero-order valence-corrected chi connectivity index (χ0v) is 14.4. The molecule has 1 heterocycles. The number of carbonyl (C=O) groups is 1. The standard InChI is InChI=1S/C19H16F2N4O2/c1-2-27-17-6-4-3-5-16(17)24-18(26)12-10-22-19(23-11-12)25-15-8-7-13(20)9-14(15)21/h3-11H,2H2,1H3,(H,24,26)(H,22,23,25). The number of rotatable bonds is 6. The number of para-hydroxylation sites is 2. The van der Waals surface area contributed by atoms with E-state index in [4.69, 9.17) is 4.74 Å². The molecule has 0 fully saturated rings. The van der Waals surface area contributed by atoms with Crippen molar-refractivity contribution in [2.75, 3.05) is 17.2 Å². The van der Waals surface area contributed by atoms with E-state index in [1.165, 1.54) is 18.5 Å². The van der Waals surface area contributed by atoms with E-state index in [0.29, 0.717) is 18.0 Å². The predicted octanol–water partition coefficient (Wildman–Crippen LogP) is 4.15. The average Bonchev–Trinajstić information content (AvgIpc) is 2.66. The van der Waals surface area contributed by atoms with E-state index in [0.717, 1.165) is 12.1 Å². The van der Waals surface area contributed by atoms with E-state index >= 15 is 0 Å². The van der Waals surface area contributed by atoms with Crippen molar-refractivity contribution >= 4 is 23.2 Å². The minimum atomic E-state index is -0.770. The normalized spacial score (nSPS) is 10.3. The first-order chi connectivity index (χ1) is 13.1. The number of aromatic nitrogens is 2. The van der Waals surface area contributed by atoms with E-state index in [1.54, 1.807) is 24.3 Å². The molecule has 0 unspecified atom stereocenters. The van der Waals surface area contributed by atoms with Crippen molar-refractivity contribution in [3.05, 3.63) is 72.1 Å². The second-order valence-electron chi connectivity index (χ2n) is 5.43. The molecule has 0 radical (unpaired) electrons. The highest BCUT2D eigenvalue weighted by Gasteiger charge is 2.11. The number of amides is 1. The third-order valence-electron chi connectivity index (χ3n) is 3.53. The lowest BCUT2D eigenvalue weighted by molar-refractivity contribution is 0.102. The molecule has 3 rings (SSSR count). The van der Waals surface area contributed by atoms with Crippen LogP contribution in [0.2, 0.25) is 0 Å². The molecule has 0 aliphatic heterocycles. The molecule has 0 atom stereocenters. The number of benzene rings is 2. The molecule has 0 aliphatic rings. The van der Waals surface area contributed by atoms with Gasteiger partial charge in [-0.15, -0.1) is 0 Å². The maximum absolute atomic E-state index is 13.7. The van der Waals surface area contributed by atoms with Crippen LogP contribution in [-0.4, -0.2) is 22.5 Å². The smallest absolute Gasteiger partial charge is 0.258 e. The summed E-state index contributed by atoms with van der Waals surface area (Å²) in [5.41, 5.74) is 0.769. The van der Waals surface area contributed by atoms with Crippen molar-refractivity contribution < 1.29 is 18.3 Å². The van der Waals surface area contributed by atoms with Gasteiger partial charge in [0.15, 0.2) is 0 Å². The number of hydrogen-bond acceptors (Lipinski definition) is 5. The van der Waals surface area contributed by atoms with Crippen LogP contribution in [0, 0.1) is 11.6 Å². The fraction of sp³-hybridized carbons (Fsp3) is 0.105. The van der Waals surface area contributed by atoms with Gasteiger partial charge in [-0.2, -0.15) is 0 Å². The van der Waals surface area contributed by atoms with Crippen molar-refractivity contribution in [2.45, 2.75) is 6.92 Å². The van der Waals surface area contributed by atoms with Crippen LogP contribution in [0.25, 0.3) is 0 Å². The van der Waals surface area contributed by atoms with Gasteiger partial charge in [-0.25, -0.2) is 18.7 Å². The first-order valence-corrected chi connectivity index (χ1v) is 8.14. The molecule has 6 nitrogen and oxygen atoms in total. The second-order valence-corrected chi connectivity index (χ2v) is 5.43. The number of nitrogens with zero attached hydrogens (tertiary/aromatic N) is 2. The van der Waals surface area contributed by atoms with Crippen LogP contribution >= 0.6 is 0 Å². The zero-order valence-electron chi connectivity index (χ0n) is 14.4. The molecule has 0 bridgehead atoms. The molecule has 138 valence electrons. The largest absolute Gasteiger partial charge is 0.492 e. The number of halogens is 2. The molecule has 0 aliphatic carbocycles. The van der Waals surface area contributed by atoms with Gasteiger partial charge in [-0.05, 0) is 31.2 Å². The molecule has 2 aromatic carbocycles. The lowest BCUT2D eigenvalue weighted by atomic mass is 10.2. The zero-order chi connectivity index (χ0) is 19.2. The SMILES string of the molecule is CCOc1ccccc1NC(=O)c1cnc(Nc2ccc(F)cc2F)nc1. The Kier molecular flexibility index (Phi) is 5.55. The van der Waals surface area contributed by atoms with E-state index in [1.807, 2.05) is 6.92 Å². The Morgan fingerprint density at radius 3 is 2.52 bits per heavy atom. The highest BCUT2D eigenvalue weighted by Crippen LogP contribution is 2.24. The molecule has 0 saturated heterocycles. The van der Waals surface area contributed by atoms with Gasteiger partial charge in [0.05, 0.1) is 23.5 Å². The monoisotopic (exact) mass is 370 g/mol. The molecule has 3 aromatic rings. The average molecular weight is 370 g/mol. The summed E-state index contributed by atoms with van der Waals surface area (Å²) in [6.07, 6.45) is 2.60. The Morgan fingerprint density at radius 2 is 1.81 bits per heavy atom. The van der Waals surface area contributed by atoms with E-state index in [-0.39, 0.29) is 17.2 Å². The molecule has 0 saturated carbocycles. The van der Waals surface area contributed by atoms with Gasteiger partial charge in [-0.1, -0.05) is 12.1 Å². The molecule has 2 N–H and O–H groups in total. The van der Waals surface area contributed by atoms with Crippen LogP contribution in [0.15, 0.2) is 54.9 Å². The fourth-order valence-corrected chi connectivity index (χ4v) is 2.27. The Balaban J connectivity index is 1.70. The minimum Gasteiger partial charge on any atom is -0.492 e. The molecule has 0 spiro atoms. The lowest BCUT2D eigenvalue weighted by Gasteiger charge is -2.11. The molecular weight excluding hydrogens is 354 g/mol. The molecule has 1 aromatic heterocycles. The second kappa shape index (κ2) is 8.22. The van der Waals surface area contributed by atoms with Crippen LogP contribution in [0.3, 0.4) is 0 Å². The quantitative estimate of drug-likeness (QED) is 0.682. The van der Waals surface area contributed by atoms with Crippen LogP contribution < -0.4 is 15.4 Å². The highest BCUT2D eigenvalue weighted by atomic mass is 19.1. The Hall–Kier alpha value is -3.55. The summed E-state index contributed by atoms with van der Waals surface area (Å²) in [6.45, 7) is 2.32. The van der Waals surface area contributed by atoms with Crippen molar-refractivity contribution in [1.29, 1.82) is 0 Å². The number of ether oxygens (including phenoxy) is 1. The van der Waals surface area contributed by atoms with Gasteiger partial charge in [0.2, 0.25) is 5.95 Å². The van der Waals surface area contributed by atoms with E-state index in [2.05, 4.69) is 20.6 Å². The number of hydrogen-bond donors (Lipinski definition) is 2. The first kappa shape index (κ1) is 18.2. The van der Waals surface area contributed by atoms with E-state index in [9.17, 15) is 13.6 Å². The molecule has 8 heteroatoms. The first-order valence-electron chi connectivity index (χ1n) is 8.14. The highest BCUT2D eigenvalue weighted by molar-refractivity contribution is 6.04. The topological polar surface area (TPSA) is 76.1 Å². The summed E-state index contributed by atoms with van der Waals surface area (Å²) in [6, 6.07) is 10.1. The third-order valence-corrected chi connectivity index (χ3v) is 3.53. The van der Waals surface area contributed by atoms with Gasteiger partial charge in [0.25, 0.3) is 5.91 Å². The number of anilines is 3. The molecular formula is C19H16F2N4O2. The molecule has 27 heavy (non-hydrogen) atoms. The predicted molar refractivity (Wildman–Crippen MR) is 97.2 cm³/mol. The van der Waals surface area contributed by atoms with Gasteiger partial charge < -0.3 is 15.4 Å². The summed E-state index contributed by atoms with van der Waals surface area (Å²) in [4.78, 5) is 20.3. The summed E-state index contributed by atoms with van der Waals surface area (Å²) < 4.78 is 32.0. The maximum atomic E-state index is 13.7. The Bertz CT molecular complexity index is 949. The van der Waals surface area contributed by atoms with Crippen LogP contribution in [0.1, 0.15) is 17.3 Å². The molecule has 1 amide bonds. The van der Waals surface area contributed by atoms with E-state index < -0.39 is 17.5 Å².